The van der Waals surface area contributed by atoms with Crippen LogP contribution in [0.4, 0.5) is 0 Å². The molecule has 16 heavy (non-hydrogen) atoms. The maximum atomic E-state index is 5.66. The predicted octanol–water partition coefficient (Wildman–Crippen LogP) is 1.39. The van der Waals surface area contributed by atoms with Crippen LogP contribution in [-0.4, -0.2) is 29.3 Å². The van der Waals surface area contributed by atoms with Crippen LogP contribution in [0.3, 0.4) is 0 Å². The molecular formula is C10H16Cl2N4. The van der Waals surface area contributed by atoms with Crippen molar-refractivity contribution in [3.63, 3.8) is 0 Å². The van der Waals surface area contributed by atoms with Gasteiger partial charge in [-0.2, -0.15) is 5.10 Å². The van der Waals surface area contributed by atoms with E-state index in [1.165, 1.54) is 12.8 Å². The van der Waals surface area contributed by atoms with Crippen molar-refractivity contribution < 1.29 is 0 Å². The molecule has 0 bridgehead atoms. The predicted molar refractivity (Wildman–Crippen MR) is 67.0 cm³/mol. The number of hydrogen-bond acceptors (Lipinski definition) is 4. The second-order valence-corrected chi connectivity index (χ2v) is 4.16. The summed E-state index contributed by atoms with van der Waals surface area (Å²) in [5.41, 5.74) is 0.935. The first-order valence-corrected chi connectivity index (χ1v) is 5.64. The third-order valence-electron chi connectivity index (χ3n) is 2.56. The molecule has 0 amide bonds. The zero-order valence-corrected chi connectivity index (χ0v) is 10.5. The van der Waals surface area contributed by atoms with Crippen LogP contribution in [0.1, 0.15) is 18.5 Å². The number of nitrogens with one attached hydrogen (secondary N) is 2. The zero-order valence-electron chi connectivity index (χ0n) is 8.95. The van der Waals surface area contributed by atoms with Crippen molar-refractivity contribution in [3.8, 4) is 0 Å². The largest absolute Gasteiger partial charge is 0.315 e. The van der Waals surface area contributed by atoms with E-state index in [0.29, 0.717) is 11.2 Å². The first kappa shape index (κ1) is 13.6. The van der Waals surface area contributed by atoms with Crippen molar-refractivity contribution in [2.45, 2.75) is 25.4 Å². The van der Waals surface area contributed by atoms with E-state index in [9.17, 15) is 0 Å². The highest BCUT2D eigenvalue weighted by Crippen LogP contribution is 2.04. The molecule has 0 aliphatic carbocycles. The minimum Gasteiger partial charge on any atom is -0.315 e. The Hall–Kier alpha value is -0.420. The van der Waals surface area contributed by atoms with Gasteiger partial charge < -0.3 is 10.6 Å². The molecule has 1 atom stereocenters. The van der Waals surface area contributed by atoms with Gasteiger partial charge in [-0.25, -0.2) is 0 Å². The van der Waals surface area contributed by atoms with E-state index in [-0.39, 0.29) is 12.4 Å². The summed E-state index contributed by atoms with van der Waals surface area (Å²) in [6, 6.07) is 4.22. The molecule has 4 nitrogen and oxygen atoms in total. The number of halogens is 2. The van der Waals surface area contributed by atoms with Crippen molar-refractivity contribution >= 4 is 24.0 Å². The summed E-state index contributed by atoms with van der Waals surface area (Å²) in [7, 11) is 0. The summed E-state index contributed by atoms with van der Waals surface area (Å²) >= 11 is 5.66. The minimum atomic E-state index is 0. The van der Waals surface area contributed by atoms with Crippen LogP contribution in [0.25, 0.3) is 0 Å². The molecule has 0 saturated carbocycles. The monoisotopic (exact) mass is 262 g/mol. The van der Waals surface area contributed by atoms with E-state index in [2.05, 4.69) is 20.8 Å². The molecule has 1 aliphatic heterocycles. The van der Waals surface area contributed by atoms with E-state index in [1.807, 2.05) is 6.07 Å². The lowest BCUT2D eigenvalue weighted by Crippen LogP contribution is -2.42. The maximum Gasteiger partial charge on any atom is 0.151 e. The molecule has 90 valence electrons. The summed E-state index contributed by atoms with van der Waals surface area (Å²) in [6.07, 6.45) is 2.47. The normalized spacial score (nSPS) is 20.2. The van der Waals surface area contributed by atoms with Crippen LogP contribution >= 0.6 is 24.0 Å². The average molecular weight is 263 g/mol. The number of nitrogens with zero attached hydrogens (tertiary/aromatic N) is 2. The van der Waals surface area contributed by atoms with Crippen LogP contribution in [-0.2, 0) is 6.54 Å². The van der Waals surface area contributed by atoms with Crippen molar-refractivity contribution in [3.05, 3.63) is 23.0 Å². The lowest BCUT2D eigenvalue weighted by atomic mass is 10.1. The van der Waals surface area contributed by atoms with Crippen LogP contribution in [0, 0.1) is 0 Å². The number of aromatic nitrogens is 2. The van der Waals surface area contributed by atoms with Gasteiger partial charge in [0.2, 0.25) is 0 Å². The van der Waals surface area contributed by atoms with E-state index in [1.54, 1.807) is 6.07 Å². The minimum absolute atomic E-state index is 0. The summed E-state index contributed by atoms with van der Waals surface area (Å²) in [5.74, 6) is 0. The second-order valence-electron chi connectivity index (χ2n) is 3.77. The van der Waals surface area contributed by atoms with Crippen molar-refractivity contribution in [2.24, 2.45) is 0 Å². The molecule has 1 saturated heterocycles. The number of piperidine rings is 1. The van der Waals surface area contributed by atoms with E-state index >= 15 is 0 Å². The smallest absolute Gasteiger partial charge is 0.151 e. The van der Waals surface area contributed by atoms with Gasteiger partial charge in [-0.1, -0.05) is 11.6 Å². The van der Waals surface area contributed by atoms with E-state index < -0.39 is 0 Å². The van der Waals surface area contributed by atoms with Gasteiger partial charge in [-0.05, 0) is 31.5 Å². The van der Waals surface area contributed by atoms with Gasteiger partial charge >= 0.3 is 0 Å². The first-order chi connectivity index (χ1) is 7.34. The maximum absolute atomic E-state index is 5.66. The summed E-state index contributed by atoms with van der Waals surface area (Å²) in [5, 5.41) is 15.1. The fourth-order valence-corrected chi connectivity index (χ4v) is 1.81. The molecular weight excluding hydrogens is 247 g/mol. The highest BCUT2D eigenvalue weighted by atomic mass is 35.5. The molecule has 0 unspecified atom stereocenters. The summed E-state index contributed by atoms with van der Waals surface area (Å²) in [6.45, 7) is 2.94. The van der Waals surface area contributed by atoms with Crippen molar-refractivity contribution in [1.29, 1.82) is 0 Å². The van der Waals surface area contributed by atoms with Gasteiger partial charge in [0.1, 0.15) is 0 Å². The summed E-state index contributed by atoms with van der Waals surface area (Å²) < 4.78 is 0. The Balaban J connectivity index is 0.00000128. The Morgan fingerprint density at radius 2 is 2.31 bits per heavy atom. The highest BCUT2D eigenvalue weighted by molar-refractivity contribution is 6.29. The molecule has 1 aromatic rings. The number of hydrogen-bond donors (Lipinski definition) is 2. The van der Waals surface area contributed by atoms with Crippen LogP contribution < -0.4 is 10.6 Å². The molecule has 0 aromatic carbocycles. The van der Waals surface area contributed by atoms with E-state index in [0.717, 1.165) is 25.3 Å². The van der Waals surface area contributed by atoms with E-state index in [4.69, 9.17) is 11.6 Å². The van der Waals surface area contributed by atoms with Crippen molar-refractivity contribution in [1.82, 2.24) is 20.8 Å². The number of rotatable bonds is 3. The van der Waals surface area contributed by atoms with Gasteiger partial charge in [0.25, 0.3) is 0 Å². The van der Waals surface area contributed by atoms with Gasteiger partial charge in [0.15, 0.2) is 5.15 Å². The molecule has 1 fully saturated rings. The van der Waals surface area contributed by atoms with Crippen LogP contribution in [0.5, 0.6) is 0 Å². The van der Waals surface area contributed by atoms with Crippen LogP contribution in [0.15, 0.2) is 12.1 Å². The summed E-state index contributed by atoms with van der Waals surface area (Å²) in [4.78, 5) is 0. The van der Waals surface area contributed by atoms with Gasteiger partial charge in [0.05, 0.1) is 5.69 Å². The van der Waals surface area contributed by atoms with Gasteiger partial charge in [-0.3, -0.25) is 0 Å². The molecule has 2 rings (SSSR count). The molecule has 2 N–H and O–H groups in total. The lowest BCUT2D eigenvalue weighted by molar-refractivity contribution is 0.387. The topological polar surface area (TPSA) is 49.8 Å². The van der Waals surface area contributed by atoms with Gasteiger partial charge in [0, 0.05) is 19.1 Å². The molecule has 0 radical (unpaired) electrons. The molecule has 1 aliphatic rings. The van der Waals surface area contributed by atoms with Gasteiger partial charge in [-0.15, -0.1) is 17.5 Å². The molecule has 0 spiro atoms. The lowest BCUT2D eigenvalue weighted by Gasteiger charge is -2.23. The fourth-order valence-electron chi connectivity index (χ4n) is 1.71. The first-order valence-electron chi connectivity index (χ1n) is 5.27. The Morgan fingerprint density at radius 1 is 1.44 bits per heavy atom. The Morgan fingerprint density at radius 3 is 2.94 bits per heavy atom. The molecule has 2 heterocycles. The van der Waals surface area contributed by atoms with Crippen LogP contribution in [0.2, 0.25) is 5.15 Å². The Bertz CT molecular complexity index is 298. The molecule has 1 aromatic heterocycles. The quantitative estimate of drug-likeness (QED) is 0.865. The molecule has 6 heteroatoms. The highest BCUT2D eigenvalue weighted by Gasteiger charge is 2.11. The second kappa shape index (κ2) is 7.01. The van der Waals surface area contributed by atoms with Crippen molar-refractivity contribution in [2.75, 3.05) is 13.1 Å². The fraction of sp³-hybridized carbons (Fsp3) is 0.600. The zero-order chi connectivity index (χ0) is 10.5. The third-order valence-corrected chi connectivity index (χ3v) is 2.76. The SMILES string of the molecule is Cl.Clc1ccc(CN[C@H]2CCCNC2)nn1. The Labute approximate surface area is 107 Å². The third kappa shape index (κ3) is 4.22. The Kier molecular flexibility index (Phi) is 5.98. The standard InChI is InChI=1S/C10H15ClN4.ClH/c11-10-4-3-9(14-15-10)7-13-8-2-1-5-12-6-8;/h3-4,8,12-13H,1-2,5-7H2;1H/t8-;/m0./s1. The average Bonchev–Trinajstić information content (AvgIpc) is 2.30.